The van der Waals surface area contributed by atoms with Crippen molar-refractivity contribution >= 4 is 12.3 Å². The summed E-state index contributed by atoms with van der Waals surface area (Å²) in [5, 5.41) is 35.1. The van der Waals surface area contributed by atoms with E-state index in [0.717, 1.165) is 19.1 Å². The van der Waals surface area contributed by atoms with Crippen LogP contribution in [0.2, 0.25) is 0 Å². The molecule has 3 saturated heterocycles. The summed E-state index contributed by atoms with van der Waals surface area (Å²) in [5.41, 5.74) is -4.25. The minimum Gasteiger partial charge on any atom is -0.462 e. The molecule has 0 aromatic rings. The normalized spacial score (nSPS) is 57.2. The molecule has 0 bridgehead atoms. The summed E-state index contributed by atoms with van der Waals surface area (Å²) < 4.78 is 29.4. The van der Waals surface area contributed by atoms with Crippen molar-refractivity contribution in [3.8, 4) is 0 Å². The van der Waals surface area contributed by atoms with E-state index in [1.165, 1.54) is 0 Å². The lowest BCUT2D eigenvalue weighted by Crippen LogP contribution is -2.69. The molecule has 40 heavy (non-hydrogen) atoms. The molecule has 13 atom stereocenters. The highest BCUT2D eigenvalue weighted by Crippen LogP contribution is 2.73. The van der Waals surface area contributed by atoms with Gasteiger partial charge in [-0.1, -0.05) is 0 Å². The van der Waals surface area contributed by atoms with Crippen LogP contribution in [0.5, 0.6) is 0 Å². The van der Waals surface area contributed by atoms with Crippen molar-refractivity contribution in [2.45, 2.75) is 125 Å². The fraction of sp³-hybridized carbons (Fsp3) is 0.933. The molecule has 0 aromatic carbocycles. The second-order valence-corrected chi connectivity index (χ2v) is 14.1. The molecular weight excluding hydrogens is 520 g/mol. The number of carbonyl (C=O) groups excluding carboxylic acids is 2. The Morgan fingerprint density at radius 1 is 1.02 bits per heavy atom. The topological polar surface area (TPSA) is 141 Å². The smallest absolute Gasteiger partial charge is 0.308 e. The molecule has 3 N–H and O–H groups in total. The van der Waals surface area contributed by atoms with Gasteiger partial charge in [0, 0.05) is 31.3 Å². The molecule has 10 heteroatoms. The predicted molar refractivity (Wildman–Crippen MR) is 138 cm³/mol. The molecule has 2 spiro atoms. The number of aliphatic hydroxyl groups excluding tert-OH is 1. The summed E-state index contributed by atoms with van der Waals surface area (Å²) in [6.07, 6.45) is 4.61. The molecule has 3 aliphatic heterocycles. The molecule has 224 valence electrons. The Morgan fingerprint density at radius 2 is 1.82 bits per heavy atom. The Labute approximate surface area is 235 Å². The van der Waals surface area contributed by atoms with Crippen LogP contribution < -0.4 is 0 Å². The van der Waals surface area contributed by atoms with Gasteiger partial charge in [0.25, 0.3) is 0 Å². The van der Waals surface area contributed by atoms with Crippen molar-refractivity contribution in [2.24, 2.45) is 28.6 Å². The lowest BCUT2D eigenvalue weighted by atomic mass is 9.41. The summed E-state index contributed by atoms with van der Waals surface area (Å²) in [4.78, 5) is 25.1. The summed E-state index contributed by atoms with van der Waals surface area (Å²) >= 11 is 0. The molecule has 7 rings (SSSR count). The molecule has 4 aliphatic carbocycles. The number of esters is 1. The van der Waals surface area contributed by atoms with Gasteiger partial charge in [0.05, 0.1) is 48.0 Å². The number of rotatable bonds is 4. The lowest BCUT2D eigenvalue weighted by Gasteiger charge is -2.65. The maximum atomic E-state index is 13.1. The fourth-order valence-electron chi connectivity index (χ4n) is 10.9. The van der Waals surface area contributed by atoms with Crippen LogP contribution in [0.25, 0.3) is 0 Å². The first-order valence-corrected chi connectivity index (χ1v) is 15.3. The maximum Gasteiger partial charge on any atom is 0.308 e. The highest BCUT2D eigenvalue weighted by molar-refractivity contribution is 5.73. The van der Waals surface area contributed by atoms with E-state index in [9.17, 15) is 24.9 Å². The van der Waals surface area contributed by atoms with Crippen LogP contribution in [0.3, 0.4) is 0 Å². The van der Waals surface area contributed by atoms with Crippen molar-refractivity contribution in [3.05, 3.63) is 0 Å². The van der Waals surface area contributed by atoms with Gasteiger partial charge in [0.1, 0.15) is 24.6 Å². The van der Waals surface area contributed by atoms with Crippen LogP contribution in [-0.2, 0) is 33.3 Å². The minimum absolute atomic E-state index is 0.0573. The SMILES string of the molecule is CO[C@H]1C[C@H](O[C@H]2CC[C@]3(C=O)[C@H]4CC[C@]56CO[C@]7(COC(=O)C7)[C@H]5CC[C@]6(O)[C@@H]4CC[C@]3(O)C2)O[C@H](C)[C@H]1O. The zero-order chi connectivity index (χ0) is 28.1. The van der Waals surface area contributed by atoms with Crippen LogP contribution >= 0.6 is 0 Å². The van der Waals surface area contributed by atoms with Crippen LogP contribution in [0.4, 0.5) is 0 Å². The van der Waals surface area contributed by atoms with Gasteiger partial charge in [-0.25, -0.2) is 0 Å². The van der Waals surface area contributed by atoms with Crippen LogP contribution in [0.1, 0.15) is 77.6 Å². The number of cyclic esters (lactones) is 1. The maximum absolute atomic E-state index is 13.1. The van der Waals surface area contributed by atoms with E-state index in [1.54, 1.807) is 14.0 Å². The molecule has 10 nitrogen and oxygen atoms in total. The van der Waals surface area contributed by atoms with E-state index in [0.29, 0.717) is 58.0 Å². The molecule has 3 heterocycles. The minimum atomic E-state index is -1.22. The average Bonchev–Trinajstić information content (AvgIpc) is 3.56. The first-order chi connectivity index (χ1) is 19.1. The third-order valence-electron chi connectivity index (χ3n) is 12.9. The predicted octanol–water partition coefficient (Wildman–Crippen LogP) is 1.65. The van der Waals surface area contributed by atoms with Gasteiger partial charge in [0.15, 0.2) is 6.29 Å². The first kappa shape index (κ1) is 27.7. The molecular formula is C30H44O10. The first-order valence-electron chi connectivity index (χ1n) is 15.3. The lowest BCUT2D eigenvalue weighted by molar-refractivity contribution is -0.288. The molecule has 7 fully saturated rings. The number of aliphatic hydroxyl groups is 3. The molecule has 0 radical (unpaired) electrons. The quantitative estimate of drug-likeness (QED) is 0.262. The summed E-state index contributed by atoms with van der Waals surface area (Å²) in [7, 11) is 1.57. The third kappa shape index (κ3) is 3.47. The van der Waals surface area contributed by atoms with Crippen molar-refractivity contribution < 1.29 is 48.6 Å². The molecule has 7 aliphatic rings. The molecule has 0 aromatic heterocycles. The van der Waals surface area contributed by atoms with Gasteiger partial charge in [-0.05, 0) is 70.1 Å². The Morgan fingerprint density at radius 3 is 2.55 bits per heavy atom. The standard InChI is InChI=1S/C30H44O10/c1-17-25(33)21(36-2)11-24(39-17)40-18-3-7-26(14-31)19-4-8-27-15-38-28(13-23(32)37-16-28)22(27)6-10-30(27,35)20(19)5-9-29(26,34)12-18/h14,17-22,24-25,33-35H,3-13,15-16H2,1-2H3/t17-,18+,19+,20-,21+,22+,24+,25-,26+,27+,28-,29+,30+/m1/s1. The fourth-order valence-corrected chi connectivity index (χ4v) is 10.9. The van der Waals surface area contributed by atoms with E-state index in [4.69, 9.17) is 23.7 Å². The van der Waals surface area contributed by atoms with Crippen LogP contribution in [0, 0.1) is 28.6 Å². The van der Waals surface area contributed by atoms with Crippen LogP contribution in [-0.4, -0.2) is 95.4 Å². The third-order valence-corrected chi connectivity index (χ3v) is 12.9. The second kappa shape index (κ2) is 9.18. The van der Waals surface area contributed by atoms with Gasteiger partial charge < -0.3 is 43.8 Å². The highest BCUT2D eigenvalue weighted by Gasteiger charge is 2.77. The second-order valence-electron chi connectivity index (χ2n) is 14.1. The molecule has 4 saturated carbocycles. The summed E-state index contributed by atoms with van der Waals surface area (Å²) in [6.45, 7) is 2.47. The number of methoxy groups -OCH3 is 1. The number of aldehydes is 1. The molecule has 0 amide bonds. The van der Waals surface area contributed by atoms with Gasteiger partial charge in [0.2, 0.25) is 0 Å². The Hall–Kier alpha value is -1.14. The van der Waals surface area contributed by atoms with E-state index >= 15 is 0 Å². The Kier molecular flexibility index (Phi) is 6.35. The number of hydrogen-bond acceptors (Lipinski definition) is 10. The Balaban J connectivity index is 1.11. The monoisotopic (exact) mass is 564 g/mol. The zero-order valence-corrected chi connectivity index (χ0v) is 23.6. The summed E-state index contributed by atoms with van der Waals surface area (Å²) in [5.74, 6) is -0.417. The summed E-state index contributed by atoms with van der Waals surface area (Å²) in [6, 6.07) is 0. The largest absolute Gasteiger partial charge is 0.462 e. The number of fused-ring (bicyclic) bond motifs is 5. The average molecular weight is 565 g/mol. The number of ether oxygens (including phenoxy) is 5. The Bertz CT molecular complexity index is 1050. The van der Waals surface area contributed by atoms with Gasteiger partial charge in [-0.15, -0.1) is 0 Å². The van der Waals surface area contributed by atoms with Gasteiger partial charge in [-0.3, -0.25) is 4.79 Å². The van der Waals surface area contributed by atoms with E-state index in [-0.39, 0.29) is 49.0 Å². The van der Waals surface area contributed by atoms with Crippen molar-refractivity contribution in [3.63, 3.8) is 0 Å². The molecule has 0 unspecified atom stereocenters. The number of carbonyl (C=O) groups is 2. The van der Waals surface area contributed by atoms with Gasteiger partial charge >= 0.3 is 5.97 Å². The van der Waals surface area contributed by atoms with Crippen molar-refractivity contribution in [1.82, 2.24) is 0 Å². The van der Waals surface area contributed by atoms with Crippen molar-refractivity contribution in [2.75, 3.05) is 20.3 Å². The zero-order valence-electron chi connectivity index (χ0n) is 23.6. The highest BCUT2D eigenvalue weighted by atomic mass is 16.7. The van der Waals surface area contributed by atoms with E-state index < -0.39 is 46.1 Å². The van der Waals surface area contributed by atoms with Gasteiger partial charge in [-0.2, -0.15) is 0 Å². The number of hydrogen-bond donors (Lipinski definition) is 3. The van der Waals surface area contributed by atoms with E-state index in [2.05, 4.69) is 0 Å². The van der Waals surface area contributed by atoms with Crippen LogP contribution in [0.15, 0.2) is 0 Å². The van der Waals surface area contributed by atoms with E-state index in [1.807, 2.05) is 0 Å². The van der Waals surface area contributed by atoms with Crippen molar-refractivity contribution in [1.29, 1.82) is 0 Å².